The van der Waals surface area contributed by atoms with Crippen molar-refractivity contribution in [2.75, 3.05) is 36.5 Å². The molecule has 3 nitrogen and oxygen atoms in total. The van der Waals surface area contributed by atoms with Crippen molar-refractivity contribution >= 4 is 23.4 Å². The summed E-state index contributed by atoms with van der Waals surface area (Å²) < 4.78 is 0. The highest BCUT2D eigenvalue weighted by molar-refractivity contribution is 7.99. The van der Waals surface area contributed by atoms with Gasteiger partial charge < -0.3 is 10.2 Å². The lowest BCUT2D eigenvalue weighted by molar-refractivity contribution is -0.113. The van der Waals surface area contributed by atoms with E-state index >= 15 is 0 Å². The second kappa shape index (κ2) is 9.99. The lowest BCUT2D eigenvalue weighted by Gasteiger charge is -2.19. The fourth-order valence-electron chi connectivity index (χ4n) is 2.87. The summed E-state index contributed by atoms with van der Waals surface area (Å²) in [6.07, 6.45) is 5.42. The van der Waals surface area contributed by atoms with Crippen LogP contribution in [-0.4, -0.2) is 41.9 Å². The molecule has 1 aromatic rings. The van der Waals surface area contributed by atoms with Crippen molar-refractivity contribution < 1.29 is 4.79 Å². The van der Waals surface area contributed by atoms with Crippen molar-refractivity contribution in [1.82, 2.24) is 4.90 Å². The average molecular weight is 335 g/mol. The maximum Gasteiger partial charge on any atom is 0.234 e. The Bertz CT molecular complexity index is 465. The van der Waals surface area contributed by atoms with Crippen molar-refractivity contribution in [3.63, 3.8) is 0 Å². The summed E-state index contributed by atoms with van der Waals surface area (Å²) in [6, 6.07) is 8.17. The normalized spacial score (nSPS) is 16.3. The van der Waals surface area contributed by atoms with Gasteiger partial charge in [0.05, 0.1) is 5.75 Å². The van der Waals surface area contributed by atoms with E-state index in [0.29, 0.717) is 11.7 Å². The summed E-state index contributed by atoms with van der Waals surface area (Å²) in [6.45, 7) is 7.92. The van der Waals surface area contributed by atoms with Crippen LogP contribution in [0.5, 0.6) is 0 Å². The standard InChI is InChI=1S/C19H30N2OS/c1-16(2)17-7-9-18(10-8-17)20-19(22)15-23-14-13-21-11-5-3-4-6-12-21/h7-10,16H,3-6,11-15H2,1-2H3,(H,20,22). The number of thioether (sulfide) groups is 1. The van der Waals surface area contributed by atoms with Crippen LogP contribution in [0.1, 0.15) is 51.0 Å². The Hall–Kier alpha value is -1.00. The Kier molecular flexibility index (Phi) is 7.96. The zero-order valence-electron chi connectivity index (χ0n) is 14.5. The third kappa shape index (κ3) is 6.96. The molecule has 1 fully saturated rings. The van der Waals surface area contributed by atoms with Crippen molar-refractivity contribution in [2.24, 2.45) is 0 Å². The van der Waals surface area contributed by atoms with E-state index in [0.717, 1.165) is 18.0 Å². The molecule has 0 spiro atoms. The van der Waals surface area contributed by atoms with Crippen molar-refractivity contribution in [2.45, 2.75) is 45.4 Å². The molecule has 2 rings (SSSR count). The van der Waals surface area contributed by atoms with Gasteiger partial charge in [-0.3, -0.25) is 4.79 Å². The van der Waals surface area contributed by atoms with E-state index < -0.39 is 0 Å². The monoisotopic (exact) mass is 334 g/mol. The van der Waals surface area contributed by atoms with Crippen LogP contribution in [0, 0.1) is 0 Å². The summed E-state index contributed by atoms with van der Waals surface area (Å²) in [5.74, 6) is 2.21. The van der Waals surface area contributed by atoms with Gasteiger partial charge in [0.1, 0.15) is 0 Å². The molecule has 1 amide bonds. The number of benzene rings is 1. The van der Waals surface area contributed by atoms with Crippen LogP contribution >= 0.6 is 11.8 Å². The molecule has 0 unspecified atom stereocenters. The number of amides is 1. The molecule has 0 bridgehead atoms. The van der Waals surface area contributed by atoms with Crippen LogP contribution in [0.2, 0.25) is 0 Å². The molecule has 0 radical (unpaired) electrons. The van der Waals surface area contributed by atoms with Crippen molar-refractivity contribution in [1.29, 1.82) is 0 Å². The topological polar surface area (TPSA) is 32.3 Å². The number of carbonyl (C=O) groups excluding carboxylic acids is 1. The van der Waals surface area contributed by atoms with Crippen LogP contribution in [-0.2, 0) is 4.79 Å². The Morgan fingerprint density at radius 1 is 1.13 bits per heavy atom. The highest BCUT2D eigenvalue weighted by Crippen LogP contribution is 2.17. The molecule has 1 heterocycles. The van der Waals surface area contributed by atoms with Gasteiger partial charge in [0.2, 0.25) is 5.91 Å². The van der Waals surface area contributed by atoms with E-state index in [4.69, 9.17) is 0 Å². The number of carbonyl (C=O) groups is 1. The molecule has 1 aliphatic rings. The summed E-state index contributed by atoms with van der Waals surface area (Å²) in [5, 5.41) is 2.98. The first-order valence-electron chi connectivity index (χ1n) is 8.85. The molecule has 128 valence electrons. The number of likely N-dealkylation sites (tertiary alicyclic amines) is 1. The van der Waals surface area contributed by atoms with Gasteiger partial charge in [-0.25, -0.2) is 0 Å². The van der Waals surface area contributed by atoms with E-state index in [1.807, 2.05) is 12.1 Å². The van der Waals surface area contributed by atoms with Gasteiger partial charge in [0.25, 0.3) is 0 Å². The maximum atomic E-state index is 12.0. The highest BCUT2D eigenvalue weighted by atomic mass is 32.2. The van der Waals surface area contributed by atoms with Crippen LogP contribution < -0.4 is 5.32 Å². The third-order valence-electron chi connectivity index (χ3n) is 4.34. The fourth-order valence-corrected chi connectivity index (χ4v) is 3.66. The van der Waals surface area contributed by atoms with E-state index in [1.165, 1.54) is 44.3 Å². The van der Waals surface area contributed by atoms with Gasteiger partial charge in [-0.05, 0) is 49.5 Å². The predicted molar refractivity (Wildman–Crippen MR) is 101 cm³/mol. The first-order chi connectivity index (χ1) is 11.1. The molecule has 1 N–H and O–H groups in total. The van der Waals surface area contributed by atoms with E-state index in [1.54, 1.807) is 11.8 Å². The maximum absolute atomic E-state index is 12.0. The van der Waals surface area contributed by atoms with Gasteiger partial charge in [-0.2, -0.15) is 11.8 Å². The highest BCUT2D eigenvalue weighted by Gasteiger charge is 2.09. The first kappa shape index (κ1) is 18.3. The minimum Gasteiger partial charge on any atom is -0.325 e. The summed E-state index contributed by atoms with van der Waals surface area (Å²) in [5.41, 5.74) is 2.20. The lowest BCUT2D eigenvalue weighted by Crippen LogP contribution is -2.27. The third-order valence-corrected chi connectivity index (χ3v) is 5.28. The van der Waals surface area contributed by atoms with Gasteiger partial charge >= 0.3 is 0 Å². The average Bonchev–Trinajstić information content (AvgIpc) is 2.81. The molecule has 0 atom stereocenters. The number of anilines is 1. The fraction of sp³-hybridized carbons (Fsp3) is 0.632. The molecule has 0 aromatic heterocycles. The van der Waals surface area contributed by atoms with Crippen molar-refractivity contribution in [3.8, 4) is 0 Å². The number of nitrogens with one attached hydrogen (secondary N) is 1. The predicted octanol–water partition coefficient (Wildman–Crippen LogP) is 4.36. The van der Waals surface area contributed by atoms with Crippen LogP contribution in [0.25, 0.3) is 0 Å². The van der Waals surface area contributed by atoms with Gasteiger partial charge in [-0.1, -0.05) is 38.8 Å². The smallest absolute Gasteiger partial charge is 0.234 e. The quantitative estimate of drug-likeness (QED) is 0.752. The van der Waals surface area contributed by atoms with Crippen LogP contribution in [0.15, 0.2) is 24.3 Å². The summed E-state index contributed by atoms with van der Waals surface area (Å²) in [7, 11) is 0. The SMILES string of the molecule is CC(C)c1ccc(NC(=O)CSCCN2CCCCCC2)cc1. The Morgan fingerprint density at radius 3 is 2.39 bits per heavy atom. The van der Waals surface area contributed by atoms with Crippen LogP contribution in [0.3, 0.4) is 0 Å². The van der Waals surface area contributed by atoms with E-state index in [2.05, 4.69) is 36.2 Å². The van der Waals surface area contributed by atoms with Crippen LogP contribution in [0.4, 0.5) is 5.69 Å². The molecule has 23 heavy (non-hydrogen) atoms. The number of hydrogen-bond donors (Lipinski definition) is 1. The molecule has 0 aliphatic carbocycles. The zero-order valence-corrected chi connectivity index (χ0v) is 15.3. The Labute approximate surface area is 145 Å². The molecule has 1 aromatic carbocycles. The minimum atomic E-state index is 0.100. The minimum absolute atomic E-state index is 0.100. The number of hydrogen-bond acceptors (Lipinski definition) is 3. The van der Waals surface area contributed by atoms with Gasteiger partial charge in [-0.15, -0.1) is 0 Å². The lowest BCUT2D eigenvalue weighted by atomic mass is 10.0. The van der Waals surface area contributed by atoms with Crippen molar-refractivity contribution in [3.05, 3.63) is 29.8 Å². The summed E-state index contributed by atoms with van der Waals surface area (Å²) in [4.78, 5) is 14.5. The molecule has 1 aliphatic heterocycles. The Morgan fingerprint density at radius 2 is 1.78 bits per heavy atom. The molecular weight excluding hydrogens is 304 g/mol. The van der Waals surface area contributed by atoms with E-state index in [9.17, 15) is 4.79 Å². The Balaban J connectivity index is 1.62. The molecule has 1 saturated heterocycles. The molecule has 4 heteroatoms. The zero-order chi connectivity index (χ0) is 16.5. The second-order valence-electron chi connectivity index (χ2n) is 6.63. The molecular formula is C19H30N2OS. The van der Waals surface area contributed by atoms with Gasteiger partial charge in [0.15, 0.2) is 0 Å². The van der Waals surface area contributed by atoms with E-state index in [-0.39, 0.29) is 5.91 Å². The van der Waals surface area contributed by atoms with Gasteiger partial charge in [0, 0.05) is 18.0 Å². The number of rotatable bonds is 7. The number of nitrogens with zero attached hydrogens (tertiary/aromatic N) is 1. The summed E-state index contributed by atoms with van der Waals surface area (Å²) >= 11 is 1.74. The first-order valence-corrected chi connectivity index (χ1v) is 10.0. The second-order valence-corrected chi connectivity index (χ2v) is 7.74. The molecule has 0 saturated carbocycles. The largest absolute Gasteiger partial charge is 0.325 e.